The van der Waals surface area contributed by atoms with E-state index in [9.17, 15) is 9.90 Å². The predicted octanol–water partition coefficient (Wildman–Crippen LogP) is 5.84. The Labute approximate surface area is 183 Å². The molecule has 3 saturated carbocycles. The highest BCUT2D eigenvalue weighted by molar-refractivity contribution is 6.04. The number of allylic oxidation sites excluding steroid dienone is 1. The monoisotopic (exact) mass is 414 g/mol. The summed E-state index contributed by atoms with van der Waals surface area (Å²) in [6.45, 7) is 12.0. The van der Waals surface area contributed by atoms with Crippen LogP contribution in [0.5, 0.6) is 0 Å². The summed E-state index contributed by atoms with van der Waals surface area (Å²) in [5.74, 6) is 2.88. The van der Waals surface area contributed by atoms with Gasteiger partial charge in [-0.3, -0.25) is 4.79 Å². The average molecular weight is 415 g/mol. The first-order chi connectivity index (χ1) is 14.1. The number of Topliss-reactive ketones (excluding diaryl/α,β-unsaturated/α-hetero) is 1. The Kier molecular flexibility index (Phi) is 4.88. The average Bonchev–Trinajstić information content (AvgIpc) is 3.29. The van der Waals surface area contributed by atoms with E-state index >= 15 is 0 Å². The number of epoxide rings is 1. The van der Waals surface area contributed by atoms with E-state index in [0.29, 0.717) is 24.0 Å². The van der Waals surface area contributed by atoms with Gasteiger partial charge in [-0.05, 0) is 67.6 Å². The highest BCUT2D eigenvalue weighted by Crippen LogP contribution is 2.71. The molecule has 1 heterocycles. The van der Waals surface area contributed by atoms with Crippen LogP contribution in [0.2, 0.25) is 0 Å². The lowest BCUT2D eigenvalue weighted by Crippen LogP contribution is -2.56. The molecule has 168 valence electrons. The van der Waals surface area contributed by atoms with Crippen molar-refractivity contribution in [3.05, 3.63) is 11.1 Å². The molecule has 4 aliphatic carbocycles. The lowest BCUT2D eigenvalue weighted by Gasteiger charge is -2.54. The molecule has 1 N–H and O–H groups in total. The van der Waals surface area contributed by atoms with Gasteiger partial charge in [0.05, 0.1) is 6.10 Å². The summed E-state index contributed by atoms with van der Waals surface area (Å²) < 4.78 is 6.23. The van der Waals surface area contributed by atoms with Crippen molar-refractivity contribution in [2.24, 2.45) is 34.5 Å². The number of carbonyl (C=O) groups excluding carboxylic acids is 1. The van der Waals surface area contributed by atoms with Gasteiger partial charge in [0.2, 0.25) is 0 Å². The van der Waals surface area contributed by atoms with Crippen molar-refractivity contribution in [3.8, 4) is 0 Å². The first-order valence-corrected chi connectivity index (χ1v) is 12.8. The molecule has 5 aliphatic rings. The fourth-order valence-corrected chi connectivity index (χ4v) is 8.63. The molecule has 3 heteroatoms. The minimum absolute atomic E-state index is 0.0233. The molecule has 1 aliphatic heterocycles. The molecule has 4 fully saturated rings. The Hall–Kier alpha value is -0.670. The van der Waals surface area contributed by atoms with Gasteiger partial charge >= 0.3 is 0 Å². The number of fused-ring (bicyclic) bond motifs is 3. The summed E-state index contributed by atoms with van der Waals surface area (Å²) in [7, 11) is 0. The van der Waals surface area contributed by atoms with E-state index in [0.717, 1.165) is 37.5 Å². The lowest BCUT2D eigenvalue weighted by atomic mass is 9.48. The molecule has 1 spiro atoms. The van der Waals surface area contributed by atoms with Gasteiger partial charge in [0.15, 0.2) is 11.9 Å². The molecule has 0 bridgehead atoms. The SMILES string of the molecule is CC(C)CCCC(C)[C@H]1CCC2=C3C(=O)[C@@H]4O[C@@]45C[C@@H](O)CC[C@]5(C)C3CC[C@@]21C. The normalized spacial score (nSPS) is 48.2. The molecule has 0 aromatic heterocycles. The number of ether oxygens (including phenoxy) is 1. The highest BCUT2D eigenvalue weighted by Gasteiger charge is 2.77. The molecule has 30 heavy (non-hydrogen) atoms. The van der Waals surface area contributed by atoms with E-state index in [4.69, 9.17) is 4.74 Å². The number of aliphatic hydroxyl groups is 1. The van der Waals surface area contributed by atoms with Crippen LogP contribution in [0.4, 0.5) is 0 Å². The number of hydrogen-bond acceptors (Lipinski definition) is 3. The molecule has 3 nitrogen and oxygen atoms in total. The van der Waals surface area contributed by atoms with E-state index in [1.54, 1.807) is 0 Å². The maximum Gasteiger partial charge on any atom is 0.190 e. The quantitative estimate of drug-likeness (QED) is 0.575. The van der Waals surface area contributed by atoms with Crippen molar-refractivity contribution in [1.82, 2.24) is 0 Å². The Morgan fingerprint density at radius 1 is 1.10 bits per heavy atom. The zero-order valence-corrected chi connectivity index (χ0v) is 19.8. The summed E-state index contributed by atoms with van der Waals surface area (Å²) in [4.78, 5) is 13.6. The van der Waals surface area contributed by atoms with Crippen molar-refractivity contribution in [1.29, 1.82) is 0 Å². The third-order valence-electron chi connectivity index (χ3n) is 10.4. The second-order valence-corrected chi connectivity index (χ2v) is 12.4. The predicted molar refractivity (Wildman–Crippen MR) is 119 cm³/mol. The second-order valence-electron chi connectivity index (χ2n) is 12.4. The van der Waals surface area contributed by atoms with Crippen LogP contribution in [-0.2, 0) is 9.53 Å². The topological polar surface area (TPSA) is 49.8 Å². The van der Waals surface area contributed by atoms with E-state index in [1.165, 1.54) is 43.3 Å². The van der Waals surface area contributed by atoms with Gasteiger partial charge in [-0.1, -0.05) is 59.5 Å². The van der Waals surface area contributed by atoms with Crippen LogP contribution in [0.1, 0.15) is 98.8 Å². The Morgan fingerprint density at radius 2 is 1.87 bits per heavy atom. The fraction of sp³-hybridized carbons (Fsp3) is 0.889. The Bertz CT molecular complexity index is 768. The zero-order chi connectivity index (χ0) is 21.5. The second kappa shape index (κ2) is 6.91. The summed E-state index contributed by atoms with van der Waals surface area (Å²) in [5, 5.41) is 10.3. The molecule has 0 aromatic rings. The van der Waals surface area contributed by atoms with Gasteiger partial charge < -0.3 is 9.84 Å². The third kappa shape index (κ3) is 2.73. The van der Waals surface area contributed by atoms with Gasteiger partial charge in [-0.15, -0.1) is 0 Å². The van der Waals surface area contributed by atoms with Crippen molar-refractivity contribution in [3.63, 3.8) is 0 Å². The van der Waals surface area contributed by atoms with Gasteiger partial charge in [-0.25, -0.2) is 0 Å². The van der Waals surface area contributed by atoms with Crippen molar-refractivity contribution in [2.45, 2.75) is 117 Å². The Morgan fingerprint density at radius 3 is 2.60 bits per heavy atom. The third-order valence-corrected chi connectivity index (χ3v) is 10.4. The number of carbonyl (C=O) groups is 1. The molecule has 8 atom stereocenters. The minimum atomic E-state index is -0.369. The van der Waals surface area contributed by atoms with E-state index < -0.39 is 0 Å². The van der Waals surface area contributed by atoms with Gasteiger partial charge in [0.1, 0.15) is 5.60 Å². The number of rotatable bonds is 5. The van der Waals surface area contributed by atoms with E-state index in [1.807, 2.05) is 0 Å². The van der Waals surface area contributed by atoms with Crippen molar-refractivity contribution < 1.29 is 14.6 Å². The van der Waals surface area contributed by atoms with E-state index in [2.05, 4.69) is 34.6 Å². The highest BCUT2D eigenvalue weighted by atomic mass is 16.6. The Balaban J connectivity index is 1.45. The number of ketones is 1. The lowest BCUT2D eigenvalue weighted by molar-refractivity contribution is -0.121. The van der Waals surface area contributed by atoms with Gasteiger partial charge in [-0.2, -0.15) is 0 Å². The standard InChI is InChI=1S/C27H42O3/c1-16(2)7-6-8-17(3)19-9-10-20-22-21(12-13-25(19,20)4)26(5)14-11-18(28)15-27(26)24(30-27)23(22)29/h16-19,21,24,28H,6-15H2,1-5H3/t17?,18-,19+,21?,24-,25+,26+,27-/m0/s1. The van der Waals surface area contributed by atoms with Gasteiger partial charge in [0.25, 0.3) is 0 Å². The van der Waals surface area contributed by atoms with Crippen LogP contribution in [0.25, 0.3) is 0 Å². The first kappa shape index (κ1) is 21.2. The maximum absolute atomic E-state index is 13.6. The molecule has 2 unspecified atom stereocenters. The molecule has 0 radical (unpaired) electrons. The van der Waals surface area contributed by atoms with Crippen LogP contribution in [0.3, 0.4) is 0 Å². The number of hydrogen-bond donors (Lipinski definition) is 1. The molecule has 5 rings (SSSR count). The zero-order valence-electron chi connectivity index (χ0n) is 19.8. The molecular formula is C27H42O3. The maximum atomic E-state index is 13.6. The summed E-state index contributed by atoms with van der Waals surface area (Å²) in [5.41, 5.74) is 2.57. The molecular weight excluding hydrogens is 372 g/mol. The smallest absolute Gasteiger partial charge is 0.190 e. The first-order valence-electron chi connectivity index (χ1n) is 12.8. The summed E-state index contributed by atoms with van der Waals surface area (Å²) >= 11 is 0. The molecule has 0 aromatic carbocycles. The van der Waals surface area contributed by atoms with Crippen LogP contribution in [0, 0.1) is 34.5 Å². The summed E-state index contributed by atoms with van der Waals surface area (Å²) in [6, 6.07) is 0. The minimum Gasteiger partial charge on any atom is -0.393 e. The molecule has 1 saturated heterocycles. The van der Waals surface area contributed by atoms with Crippen LogP contribution < -0.4 is 0 Å². The van der Waals surface area contributed by atoms with E-state index in [-0.39, 0.29) is 28.6 Å². The fourth-order valence-electron chi connectivity index (χ4n) is 8.63. The van der Waals surface area contributed by atoms with Gasteiger partial charge in [0, 0.05) is 17.4 Å². The van der Waals surface area contributed by atoms with Crippen LogP contribution in [-0.4, -0.2) is 28.7 Å². The summed E-state index contributed by atoms with van der Waals surface area (Å²) in [6.07, 6.45) is 10.6. The van der Waals surface area contributed by atoms with Crippen LogP contribution in [0.15, 0.2) is 11.1 Å². The number of aliphatic hydroxyl groups excluding tert-OH is 1. The molecule has 0 amide bonds. The largest absolute Gasteiger partial charge is 0.393 e. The van der Waals surface area contributed by atoms with Crippen LogP contribution >= 0.6 is 0 Å². The van der Waals surface area contributed by atoms with Crippen molar-refractivity contribution in [2.75, 3.05) is 0 Å². The van der Waals surface area contributed by atoms with Crippen molar-refractivity contribution >= 4 is 5.78 Å².